The van der Waals surface area contributed by atoms with Crippen molar-refractivity contribution in [1.29, 1.82) is 0 Å². The molecule has 0 saturated carbocycles. The Balaban J connectivity index is 5.63. The van der Waals surface area contributed by atoms with Crippen LogP contribution in [0.25, 0.3) is 0 Å². The van der Waals surface area contributed by atoms with Crippen molar-refractivity contribution >= 4 is 35.6 Å². The summed E-state index contributed by atoms with van der Waals surface area (Å²) in [6.45, 7) is 2.85. The van der Waals surface area contributed by atoms with Crippen molar-refractivity contribution in [3.05, 3.63) is 0 Å². The van der Waals surface area contributed by atoms with Gasteiger partial charge in [-0.05, 0) is 25.2 Å². The molecule has 5 unspecified atom stereocenters. The number of rotatable bonds is 17. The van der Waals surface area contributed by atoms with Crippen LogP contribution in [0, 0.1) is 5.92 Å². The fraction of sp³-hybridized carbons (Fsp3) is 0.700. The number of hydrogen-bond donors (Lipinski definition) is 9. The minimum atomic E-state index is -1.66. The molecular formula is C20H37N7O8. The molecule has 0 radical (unpaired) electrons. The lowest BCUT2D eigenvalue weighted by atomic mass is 9.98. The number of nitrogens with zero attached hydrogens (tertiary/aromatic N) is 1. The summed E-state index contributed by atoms with van der Waals surface area (Å²) in [6, 6.07) is -5.18. The van der Waals surface area contributed by atoms with E-state index in [1.54, 1.807) is 6.92 Å². The molecule has 0 aromatic rings. The Hall–Kier alpha value is -3.46. The average molecular weight is 504 g/mol. The average Bonchev–Trinajstić information content (AvgIpc) is 2.79. The summed E-state index contributed by atoms with van der Waals surface area (Å²) in [5, 5.41) is 34.0. The third kappa shape index (κ3) is 12.5. The fourth-order valence-electron chi connectivity index (χ4n) is 2.82. The predicted octanol–water partition coefficient (Wildman–Crippen LogP) is -3.19. The van der Waals surface area contributed by atoms with Gasteiger partial charge in [0, 0.05) is 13.0 Å². The number of carboxylic acid groups (broad SMARTS) is 2. The predicted molar refractivity (Wildman–Crippen MR) is 125 cm³/mol. The van der Waals surface area contributed by atoms with Gasteiger partial charge in [-0.2, -0.15) is 0 Å². The zero-order valence-corrected chi connectivity index (χ0v) is 19.9. The molecule has 0 bridgehead atoms. The van der Waals surface area contributed by atoms with Gasteiger partial charge in [-0.3, -0.25) is 24.2 Å². The van der Waals surface area contributed by atoms with E-state index in [1.807, 2.05) is 12.2 Å². The van der Waals surface area contributed by atoms with Crippen LogP contribution in [0.3, 0.4) is 0 Å². The summed E-state index contributed by atoms with van der Waals surface area (Å²) in [7, 11) is 0. The van der Waals surface area contributed by atoms with Gasteiger partial charge in [0.25, 0.3) is 0 Å². The van der Waals surface area contributed by atoms with Crippen LogP contribution < -0.4 is 33.2 Å². The number of aliphatic imine (C=N–C) groups is 1. The van der Waals surface area contributed by atoms with Crippen LogP contribution in [0.4, 0.5) is 0 Å². The monoisotopic (exact) mass is 503 g/mol. The molecule has 3 amide bonds. The first-order valence-corrected chi connectivity index (χ1v) is 11.1. The molecule has 200 valence electrons. The number of nitrogens with one attached hydrogen (secondary N) is 3. The second-order valence-corrected chi connectivity index (χ2v) is 8.00. The lowest BCUT2D eigenvalue weighted by Gasteiger charge is -2.25. The van der Waals surface area contributed by atoms with E-state index < -0.39 is 66.9 Å². The van der Waals surface area contributed by atoms with Crippen LogP contribution in [0.15, 0.2) is 4.99 Å². The van der Waals surface area contributed by atoms with E-state index in [4.69, 9.17) is 32.5 Å². The molecule has 35 heavy (non-hydrogen) atoms. The van der Waals surface area contributed by atoms with Crippen LogP contribution in [0.1, 0.15) is 46.0 Å². The van der Waals surface area contributed by atoms with Crippen molar-refractivity contribution < 1.29 is 39.3 Å². The smallest absolute Gasteiger partial charge is 0.328 e. The first-order chi connectivity index (χ1) is 16.3. The zero-order chi connectivity index (χ0) is 27.1. The van der Waals surface area contributed by atoms with Crippen molar-refractivity contribution in [2.45, 2.75) is 70.1 Å². The molecule has 0 aliphatic heterocycles. The second-order valence-electron chi connectivity index (χ2n) is 8.00. The second kappa shape index (κ2) is 16.2. The summed E-state index contributed by atoms with van der Waals surface area (Å²) in [5.41, 5.74) is 16.5. The van der Waals surface area contributed by atoms with Gasteiger partial charge in [-0.15, -0.1) is 0 Å². The van der Waals surface area contributed by atoms with Crippen LogP contribution >= 0.6 is 0 Å². The number of carbonyl (C=O) groups excluding carboxylic acids is 3. The van der Waals surface area contributed by atoms with Crippen LogP contribution in [-0.2, 0) is 24.0 Å². The number of hydrogen-bond acceptors (Lipinski definition) is 8. The molecular weight excluding hydrogens is 466 g/mol. The number of nitrogens with two attached hydrogens (primary N) is 3. The Morgan fingerprint density at radius 3 is 1.86 bits per heavy atom. The Morgan fingerprint density at radius 1 is 0.886 bits per heavy atom. The molecule has 5 atom stereocenters. The van der Waals surface area contributed by atoms with Crippen LogP contribution in [0.2, 0.25) is 0 Å². The van der Waals surface area contributed by atoms with Crippen LogP contribution in [0.5, 0.6) is 0 Å². The van der Waals surface area contributed by atoms with Gasteiger partial charge in [0.2, 0.25) is 17.7 Å². The molecule has 0 spiro atoms. The maximum atomic E-state index is 13.0. The zero-order valence-electron chi connectivity index (χ0n) is 19.9. The van der Waals surface area contributed by atoms with Gasteiger partial charge in [-0.25, -0.2) is 4.79 Å². The van der Waals surface area contributed by atoms with Crippen molar-refractivity contribution in [1.82, 2.24) is 16.0 Å². The number of carboxylic acids is 2. The Labute approximate surface area is 202 Å². The molecule has 0 aliphatic carbocycles. The first-order valence-electron chi connectivity index (χ1n) is 11.1. The summed E-state index contributed by atoms with van der Waals surface area (Å²) in [4.78, 5) is 64.0. The first kappa shape index (κ1) is 31.5. The van der Waals surface area contributed by atoms with E-state index >= 15 is 0 Å². The highest BCUT2D eigenvalue weighted by atomic mass is 16.4. The van der Waals surface area contributed by atoms with E-state index in [2.05, 4.69) is 15.6 Å². The van der Waals surface area contributed by atoms with Crippen molar-refractivity contribution in [2.24, 2.45) is 28.1 Å². The molecule has 0 aliphatic rings. The van der Waals surface area contributed by atoms with Crippen molar-refractivity contribution in [3.8, 4) is 0 Å². The molecule has 0 aromatic carbocycles. The minimum Gasteiger partial charge on any atom is -0.481 e. The molecule has 0 fully saturated rings. The largest absolute Gasteiger partial charge is 0.481 e. The lowest BCUT2D eigenvalue weighted by molar-refractivity contribution is -0.144. The summed E-state index contributed by atoms with van der Waals surface area (Å²) in [5.74, 6) is -5.54. The van der Waals surface area contributed by atoms with E-state index in [0.717, 1.165) is 0 Å². The summed E-state index contributed by atoms with van der Waals surface area (Å²) in [6.07, 6.45) is 0.0556. The van der Waals surface area contributed by atoms with Crippen molar-refractivity contribution in [2.75, 3.05) is 13.2 Å². The number of guanidine groups is 1. The number of aliphatic hydroxyl groups excluding tert-OH is 1. The van der Waals surface area contributed by atoms with E-state index in [9.17, 15) is 24.0 Å². The number of aliphatic hydroxyl groups is 1. The number of carbonyl (C=O) groups is 5. The normalized spacial score (nSPS) is 15.0. The molecule has 15 nitrogen and oxygen atoms in total. The molecule has 0 aromatic heterocycles. The topological polar surface area (TPSA) is 273 Å². The molecule has 0 heterocycles. The lowest BCUT2D eigenvalue weighted by Crippen LogP contribution is -2.58. The molecule has 15 heteroatoms. The highest BCUT2D eigenvalue weighted by molar-refractivity contribution is 5.94. The van der Waals surface area contributed by atoms with E-state index in [1.165, 1.54) is 0 Å². The molecule has 0 rings (SSSR count). The Kier molecular flexibility index (Phi) is 14.6. The third-order valence-corrected chi connectivity index (χ3v) is 5.22. The van der Waals surface area contributed by atoms with Gasteiger partial charge in [0.15, 0.2) is 5.96 Å². The summed E-state index contributed by atoms with van der Waals surface area (Å²) < 4.78 is 0. The highest BCUT2D eigenvalue weighted by Crippen LogP contribution is 2.08. The SMILES string of the molecule is CCC(C)C(N)C(=O)NC(CCCN=C(N)N)C(=O)NC(CCC(=O)O)C(=O)NC(CO)C(=O)O. The standard InChI is InChI=1S/C20H37N7O8/c1-3-10(2)15(21)18(33)26-11(5-4-8-24-20(22)23)16(31)25-12(6-7-14(29)30)17(32)27-13(9-28)19(34)35/h10-13,15,28H,3-9,21H2,1-2H3,(H,25,31)(H,26,33)(H,27,32)(H,29,30)(H,34,35)(H4,22,23,24). The van der Waals surface area contributed by atoms with E-state index in [0.29, 0.717) is 6.42 Å². The highest BCUT2D eigenvalue weighted by Gasteiger charge is 2.31. The summed E-state index contributed by atoms with van der Waals surface area (Å²) >= 11 is 0. The Bertz CT molecular complexity index is 773. The van der Waals surface area contributed by atoms with Gasteiger partial charge in [0.1, 0.15) is 18.1 Å². The molecule has 0 saturated heterocycles. The van der Waals surface area contributed by atoms with E-state index in [-0.39, 0.29) is 37.7 Å². The van der Waals surface area contributed by atoms with Crippen LogP contribution in [-0.4, -0.2) is 88.3 Å². The quantitative estimate of drug-likeness (QED) is 0.0541. The maximum Gasteiger partial charge on any atom is 0.328 e. The minimum absolute atomic E-state index is 0.0588. The molecule has 12 N–H and O–H groups in total. The Morgan fingerprint density at radius 2 is 1.40 bits per heavy atom. The van der Waals surface area contributed by atoms with Gasteiger partial charge < -0.3 is 48.5 Å². The number of amides is 3. The fourth-order valence-corrected chi connectivity index (χ4v) is 2.82. The maximum absolute atomic E-state index is 13.0. The van der Waals surface area contributed by atoms with Gasteiger partial charge in [0.05, 0.1) is 12.6 Å². The van der Waals surface area contributed by atoms with Crippen molar-refractivity contribution in [3.63, 3.8) is 0 Å². The van der Waals surface area contributed by atoms with Gasteiger partial charge >= 0.3 is 11.9 Å². The van der Waals surface area contributed by atoms with Gasteiger partial charge in [-0.1, -0.05) is 20.3 Å². The third-order valence-electron chi connectivity index (χ3n) is 5.22. The number of aliphatic carboxylic acids is 2.